The first-order chi connectivity index (χ1) is 7.63. The number of carbonyl (C=O) groups excluding carboxylic acids is 1. The van der Waals surface area contributed by atoms with Gasteiger partial charge in [-0.05, 0) is 18.1 Å². The van der Waals surface area contributed by atoms with Crippen molar-refractivity contribution in [2.24, 2.45) is 5.92 Å². The minimum absolute atomic E-state index is 0.289. The summed E-state index contributed by atoms with van der Waals surface area (Å²) in [7, 11) is 0. The van der Waals surface area contributed by atoms with Gasteiger partial charge in [0, 0.05) is 0 Å². The molecular formula is C12H14N2O2. The van der Waals surface area contributed by atoms with Gasteiger partial charge >= 0.3 is 6.09 Å². The molecule has 84 valence electrons. The van der Waals surface area contributed by atoms with Gasteiger partial charge in [0.15, 0.2) is 0 Å². The highest BCUT2D eigenvalue weighted by Gasteiger charge is 2.07. The third-order valence-electron chi connectivity index (χ3n) is 1.83. The van der Waals surface area contributed by atoms with Gasteiger partial charge in [0.05, 0.1) is 17.9 Å². The molecule has 16 heavy (non-hydrogen) atoms. The number of nitriles is 1. The molecule has 0 fully saturated rings. The highest BCUT2D eigenvalue weighted by atomic mass is 16.5. The maximum absolute atomic E-state index is 11.3. The largest absolute Gasteiger partial charge is 0.449 e. The second kappa shape index (κ2) is 5.76. The van der Waals surface area contributed by atoms with E-state index in [1.807, 2.05) is 19.9 Å². The van der Waals surface area contributed by atoms with Gasteiger partial charge in [-0.15, -0.1) is 0 Å². The topological polar surface area (TPSA) is 62.1 Å². The summed E-state index contributed by atoms with van der Waals surface area (Å²) in [5.41, 5.74) is 0.891. The summed E-state index contributed by atoms with van der Waals surface area (Å²) in [4.78, 5) is 11.3. The van der Waals surface area contributed by atoms with E-state index in [1.165, 1.54) is 0 Å². The summed E-state index contributed by atoms with van der Waals surface area (Å²) in [5.74, 6) is 0.289. The molecule has 4 nitrogen and oxygen atoms in total. The van der Waals surface area contributed by atoms with Crippen LogP contribution in [0.1, 0.15) is 19.4 Å². The molecule has 0 aromatic heterocycles. The highest BCUT2D eigenvalue weighted by Crippen LogP contribution is 2.13. The third kappa shape index (κ3) is 3.62. The van der Waals surface area contributed by atoms with Crippen molar-refractivity contribution in [2.75, 3.05) is 11.9 Å². The van der Waals surface area contributed by atoms with Gasteiger partial charge in [0.1, 0.15) is 6.07 Å². The van der Waals surface area contributed by atoms with Crippen molar-refractivity contribution in [3.05, 3.63) is 29.8 Å². The van der Waals surface area contributed by atoms with Gasteiger partial charge in [0.2, 0.25) is 0 Å². The number of ether oxygens (including phenoxy) is 1. The quantitative estimate of drug-likeness (QED) is 0.848. The molecule has 4 heteroatoms. The van der Waals surface area contributed by atoms with E-state index in [0.29, 0.717) is 17.9 Å². The molecule has 1 amide bonds. The van der Waals surface area contributed by atoms with Crippen LogP contribution < -0.4 is 5.32 Å². The Morgan fingerprint density at radius 2 is 2.19 bits per heavy atom. The van der Waals surface area contributed by atoms with Crippen LogP contribution >= 0.6 is 0 Å². The summed E-state index contributed by atoms with van der Waals surface area (Å²) in [6.45, 7) is 4.27. The van der Waals surface area contributed by atoms with Gasteiger partial charge in [0.25, 0.3) is 0 Å². The predicted octanol–water partition coefficient (Wildman–Crippen LogP) is 2.76. The fourth-order valence-electron chi connectivity index (χ4n) is 1.08. The van der Waals surface area contributed by atoms with Crippen LogP contribution in [0.3, 0.4) is 0 Å². The SMILES string of the molecule is CC(C)COC(=O)Nc1ccccc1C#N. The van der Waals surface area contributed by atoms with Gasteiger partial charge in [-0.2, -0.15) is 5.26 Å². The van der Waals surface area contributed by atoms with Crippen molar-refractivity contribution < 1.29 is 9.53 Å². The van der Waals surface area contributed by atoms with E-state index in [9.17, 15) is 4.79 Å². The minimum Gasteiger partial charge on any atom is -0.449 e. The van der Waals surface area contributed by atoms with Crippen LogP contribution in [0.5, 0.6) is 0 Å². The number of para-hydroxylation sites is 1. The fraction of sp³-hybridized carbons (Fsp3) is 0.333. The van der Waals surface area contributed by atoms with Gasteiger partial charge < -0.3 is 4.74 Å². The zero-order valence-corrected chi connectivity index (χ0v) is 9.36. The van der Waals surface area contributed by atoms with Crippen LogP contribution in [0.4, 0.5) is 10.5 Å². The van der Waals surface area contributed by atoms with Gasteiger partial charge in [-0.25, -0.2) is 4.79 Å². The van der Waals surface area contributed by atoms with Crippen molar-refractivity contribution in [1.29, 1.82) is 5.26 Å². The monoisotopic (exact) mass is 218 g/mol. The summed E-state index contributed by atoms with van der Waals surface area (Å²) in [6, 6.07) is 8.78. The highest BCUT2D eigenvalue weighted by molar-refractivity contribution is 5.86. The lowest BCUT2D eigenvalue weighted by Gasteiger charge is -2.09. The molecule has 0 aliphatic rings. The molecule has 1 aromatic rings. The predicted molar refractivity (Wildman–Crippen MR) is 61.0 cm³/mol. The molecule has 0 bridgehead atoms. The van der Waals surface area contributed by atoms with E-state index in [2.05, 4.69) is 5.32 Å². The maximum atomic E-state index is 11.3. The summed E-state index contributed by atoms with van der Waals surface area (Å²) >= 11 is 0. The van der Waals surface area contributed by atoms with Gasteiger partial charge in [-0.3, -0.25) is 5.32 Å². The lowest BCUT2D eigenvalue weighted by atomic mass is 10.2. The summed E-state index contributed by atoms with van der Waals surface area (Å²) < 4.78 is 4.95. The number of benzene rings is 1. The van der Waals surface area contributed by atoms with Crippen LogP contribution in [-0.2, 0) is 4.74 Å². The average Bonchev–Trinajstić information content (AvgIpc) is 2.27. The van der Waals surface area contributed by atoms with Crippen molar-refractivity contribution in [2.45, 2.75) is 13.8 Å². The number of anilines is 1. The number of rotatable bonds is 3. The smallest absolute Gasteiger partial charge is 0.411 e. The lowest BCUT2D eigenvalue weighted by Crippen LogP contribution is -2.17. The normalized spacial score (nSPS) is 9.62. The number of hydrogen-bond donors (Lipinski definition) is 1. The molecule has 1 rings (SSSR count). The number of hydrogen-bond acceptors (Lipinski definition) is 3. The Balaban J connectivity index is 2.60. The average molecular weight is 218 g/mol. The van der Waals surface area contributed by atoms with E-state index < -0.39 is 6.09 Å². The standard InChI is InChI=1S/C12H14N2O2/c1-9(2)8-16-12(15)14-11-6-4-3-5-10(11)7-13/h3-6,9H,8H2,1-2H3,(H,14,15). The Morgan fingerprint density at radius 3 is 2.81 bits per heavy atom. The van der Waals surface area contributed by atoms with Crippen LogP contribution in [0, 0.1) is 17.2 Å². The third-order valence-corrected chi connectivity index (χ3v) is 1.83. The second-order valence-corrected chi connectivity index (χ2v) is 3.77. The van der Waals surface area contributed by atoms with Crippen LogP contribution in [0.15, 0.2) is 24.3 Å². The van der Waals surface area contributed by atoms with E-state index >= 15 is 0 Å². The zero-order valence-electron chi connectivity index (χ0n) is 9.36. The number of nitrogens with zero attached hydrogens (tertiary/aromatic N) is 1. The first-order valence-electron chi connectivity index (χ1n) is 5.06. The molecular weight excluding hydrogens is 204 g/mol. The van der Waals surface area contributed by atoms with E-state index in [-0.39, 0.29) is 5.92 Å². The summed E-state index contributed by atoms with van der Waals surface area (Å²) in [5, 5.41) is 11.3. The summed E-state index contributed by atoms with van der Waals surface area (Å²) in [6.07, 6.45) is -0.531. The van der Waals surface area contributed by atoms with E-state index in [4.69, 9.17) is 10.00 Å². The first-order valence-corrected chi connectivity index (χ1v) is 5.06. The molecule has 0 saturated carbocycles. The van der Waals surface area contributed by atoms with E-state index in [1.54, 1.807) is 24.3 Å². The second-order valence-electron chi connectivity index (χ2n) is 3.77. The number of carbonyl (C=O) groups is 1. The Bertz CT molecular complexity index is 408. The van der Waals surface area contributed by atoms with Crippen LogP contribution in [-0.4, -0.2) is 12.7 Å². The molecule has 0 aliphatic carbocycles. The number of amides is 1. The van der Waals surface area contributed by atoms with Gasteiger partial charge in [-0.1, -0.05) is 26.0 Å². The molecule has 0 heterocycles. The zero-order chi connectivity index (χ0) is 12.0. The number of nitrogens with one attached hydrogen (secondary N) is 1. The Morgan fingerprint density at radius 1 is 1.50 bits per heavy atom. The molecule has 1 N–H and O–H groups in total. The molecule has 0 spiro atoms. The molecule has 0 atom stereocenters. The minimum atomic E-state index is -0.531. The van der Waals surface area contributed by atoms with Crippen LogP contribution in [0.2, 0.25) is 0 Å². The molecule has 0 aliphatic heterocycles. The molecule has 0 radical (unpaired) electrons. The fourth-order valence-corrected chi connectivity index (χ4v) is 1.08. The Kier molecular flexibility index (Phi) is 4.34. The molecule has 0 saturated heterocycles. The van der Waals surface area contributed by atoms with Crippen molar-refractivity contribution in [3.63, 3.8) is 0 Å². The van der Waals surface area contributed by atoms with E-state index in [0.717, 1.165) is 0 Å². The first kappa shape index (κ1) is 12.1. The van der Waals surface area contributed by atoms with Crippen molar-refractivity contribution in [1.82, 2.24) is 0 Å². The van der Waals surface area contributed by atoms with Crippen molar-refractivity contribution >= 4 is 11.8 Å². The van der Waals surface area contributed by atoms with Crippen LogP contribution in [0.25, 0.3) is 0 Å². The molecule has 1 aromatic carbocycles. The Labute approximate surface area is 94.8 Å². The Hall–Kier alpha value is -2.02. The maximum Gasteiger partial charge on any atom is 0.411 e. The lowest BCUT2D eigenvalue weighted by molar-refractivity contribution is 0.147. The molecule has 0 unspecified atom stereocenters. The van der Waals surface area contributed by atoms with Crippen molar-refractivity contribution in [3.8, 4) is 6.07 Å².